The van der Waals surface area contributed by atoms with Gasteiger partial charge in [-0.1, -0.05) is 24.3 Å². The molecule has 0 bridgehead atoms. The summed E-state index contributed by atoms with van der Waals surface area (Å²) in [4.78, 5) is 7.96. The molecule has 5 aromatic rings. The lowest BCUT2D eigenvalue weighted by atomic mass is 10.0. The molecule has 0 unspecified atom stereocenters. The van der Waals surface area contributed by atoms with Crippen LogP contribution in [0.4, 0.5) is 13.2 Å². The van der Waals surface area contributed by atoms with Crippen molar-refractivity contribution in [1.29, 1.82) is 0 Å². The number of nitrogens with one attached hydrogen (secondary N) is 4. The van der Waals surface area contributed by atoms with E-state index in [1.807, 2.05) is 12.2 Å². The number of alkyl halides is 3. The first kappa shape index (κ1) is 31.2. The summed E-state index contributed by atoms with van der Waals surface area (Å²) in [6.45, 7) is 0.0362. The van der Waals surface area contributed by atoms with Crippen LogP contribution in [0.15, 0.2) is 83.1 Å². The van der Waals surface area contributed by atoms with Crippen molar-refractivity contribution < 1.29 is 30.0 Å². The smallest absolute Gasteiger partial charge is 0.263 e. The zero-order valence-electron chi connectivity index (χ0n) is 22.9. The molecule has 4 aromatic heterocycles. The number of aromatic nitrogens is 6. The second kappa shape index (κ2) is 12.8. The van der Waals surface area contributed by atoms with Gasteiger partial charge < -0.3 is 0 Å². The average molecular weight is 649 g/mol. The lowest BCUT2D eigenvalue weighted by Crippen LogP contribution is -2.34. The van der Waals surface area contributed by atoms with Crippen LogP contribution in [0.2, 0.25) is 0 Å². The molecule has 12 nitrogen and oxygen atoms in total. The number of pyridine rings is 2. The van der Waals surface area contributed by atoms with Crippen LogP contribution in [0.3, 0.4) is 0 Å². The van der Waals surface area contributed by atoms with Gasteiger partial charge in [0.05, 0.1) is 16.3 Å². The van der Waals surface area contributed by atoms with Crippen LogP contribution in [0, 0.1) is 0 Å². The zero-order chi connectivity index (χ0) is 31.4. The molecule has 0 radical (unpaired) electrons. The van der Waals surface area contributed by atoms with E-state index in [0.29, 0.717) is 22.0 Å². The molecule has 0 spiro atoms. The number of allylic oxidation sites excluding steroid dienone is 1. The second-order valence-corrected chi connectivity index (χ2v) is 13.1. The summed E-state index contributed by atoms with van der Waals surface area (Å²) in [5.41, 5.74) is 0.535. The highest BCUT2D eigenvalue weighted by Gasteiger charge is 2.30. The quantitative estimate of drug-likeness (QED) is 0.184. The number of sulfonamides is 2. The van der Waals surface area contributed by atoms with Crippen LogP contribution in [-0.4, -0.2) is 59.8 Å². The summed E-state index contributed by atoms with van der Waals surface area (Å²) in [6, 6.07) is 11.0. The normalized spacial score (nSPS) is 15.8. The highest BCUT2D eigenvalue weighted by Crippen LogP contribution is 2.29. The van der Waals surface area contributed by atoms with E-state index in [-0.39, 0.29) is 34.7 Å². The first-order valence-electron chi connectivity index (χ1n) is 13.4. The minimum atomic E-state index is -4.39. The highest BCUT2D eigenvalue weighted by molar-refractivity contribution is 7.90. The summed E-state index contributed by atoms with van der Waals surface area (Å²) in [6.07, 6.45) is 5.66. The number of halogens is 3. The Balaban J connectivity index is 0.000000181. The van der Waals surface area contributed by atoms with Crippen molar-refractivity contribution in [3.05, 3.63) is 84.2 Å². The maximum absolute atomic E-state index is 12.5. The maximum atomic E-state index is 12.5. The van der Waals surface area contributed by atoms with E-state index < -0.39 is 31.8 Å². The first-order chi connectivity index (χ1) is 20.9. The Morgan fingerprint density at radius 1 is 0.841 bits per heavy atom. The lowest BCUT2D eigenvalue weighted by Gasteiger charge is -2.17. The molecular formula is C27H27F3N8O4S2. The van der Waals surface area contributed by atoms with Gasteiger partial charge in [0.2, 0.25) is 0 Å². The second-order valence-electron chi connectivity index (χ2n) is 9.78. The zero-order valence-corrected chi connectivity index (χ0v) is 24.5. The van der Waals surface area contributed by atoms with Crippen LogP contribution in [-0.2, 0) is 32.6 Å². The van der Waals surface area contributed by atoms with Crippen molar-refractivity contribution in [3.8, 4) is 0 Å². The van der Waals surface area contributed by atoms with Crippen molar-refractivity contribution in [3.63, 3.8) is 0 Å². The Morgan fingerprint density at radius 2 is 1.43 bits per heavy atom. The van der Waals surface area contributed by atoms with Gasteiger partial charge in [0.25, 0.3) is 20.0 Å². The predicted octanol–water partition coefficient (Wildman–Crippen LogP) is 3.84. The van der Waals surface area contributed by atoms with Gasteiger partial charge in [-0.15, -0.1) is 0 Å². The number of hydrogen-bond donors (Lipinski definition) is 4. The van der Waals surface area contributed by atoms with Gasteiger partial charge in [-0.2, -0.15) is 23.4 Å². The molecule has 1 aliphatic carbocycles. The van der Waals surface area contributed by atoms with Crippen molar-refractivity contribution >= 4 is 42.1 Å². The van der Waals surface area contributed by atoms with Crippen LogP contribution < -0.4 is 9.44 Å². The molecule has 0 aliphatic heterocycles. The van der Waals surface area contributed by atoms with Gasteiger partial charge in [0.15, 0.2) is 21.3 Å². The van der Waals surface area contributed by atoms with Gasteiger partial charge in [0, 0.05) is 25.0 Å². The SMILES string of the molecule is O=S(=O)(NCCc1ccc(C(F)(F)F)cc1)c1[nH]nc2ncccc12.O=S(=O)(N[C@H]1C=CCCC1)c1[nH]nc2ncccc12. The van der Waals surface area contributed by atoms with Crippen molar-refractivity contribution in [2.45, 2.75) is 48.0 Å². The first-order valence-corrected chi connectivity index (χ1v) is 16.3. The average Bonchev–Trinajstić information content (AvgIpc) is 3.63. The Hall–Kier alpha value is -4.19. The Bertz CT molecular complexity index is 1990. The molecule has 0 saturated carbocycles. The Labute approximate surface area is 250 Å². The molecular weight excluding hydrogens is 621 g/mol. The molecule has 0 saturated heterocycles. The van der Waals surface area contributed by atoms with E-state index in [4.69, 9.17) is 0 Å². The number of benzene rings is 1. The van der Waals surface area contributed by atoms with E-state index >= 15 is 0 Å². The molecule has 1 aromatic carbocycles. The van der Waals surface area contributed by atoms with Crippen molar-refractivity contribution in [1.82, 2.24) is 39.8 Å². The fourth-order valence-corrected chi connectivity index (χ4v) is 6.95. The van der Waals surface area contributed by atoms with Crippen molar-refractivity contribution in [2.75, 3.05) is 6.54 Å². The molecule has 232 valence electrons. The third kappa shape index (κ3) is 7.29. The van der Waals surface area contributed by atoms with Gasteiger partial charge in [-0.05, 0) is 67.6 Å². The molecule has 44 heavy (non-hydrogen) atoms. The fourth-order valence-electron chi connectivity index (χ4n) is 4.50. The van der Waals surface area contributed by atoms with Crippen LogP contribution in [0.5, 0.6) is 0 Å². The Morgan fingerprint density at radius 3 is 1.98 bits per heavy atom. The molecule has 0 fully saturated rings. The number of rotatable bonds is 8. The largest absolute Gasteiger partial charge is 0.416 e. The summed E-state index contributed by atoms with van der Waals surface area (Å²) < 4.78 is 91.9. The minimum absolute atomic E-state index is 0.0362. The Kier molecular flexibility index (Phi) is 9.10. The number of hydrogen-bond acceptors (Lipinski definition) is 8. The standard InChI is InChI=1S/C15H13F3N4O2S.C12H14N4O2S/c16-15(17,18)11-5-3-10(4-6-11)7-9-20-25(23,24)14-12-2-1-8-19-13(12)21-22-14;17-19(18,16-9-5-2-1-3-6-9)12-10-7-4-8-13-11(10)14-15-12/h1-6,8,20H,7,9H2,(H,19,21,22);2,4-5,7-9,16H,1,3,6H2,(H,13,14,15)/t;9-/m.0/s1. The van der Waals surface area contributed by atoms with Gasteiger partial charge >= 0.3 is 6.18 Å². The van der Waals surface area contributed by atoms with Crippen LogP contribution >= 0.6 is 0 Å². The maximum Gasteiger partial charge on any atom is 0.416 e. The molecule has 1 atom stereocenters. The van der Waals surface area contributed by atoms with Gasteiger partial charge in [0.1, 0.15) is 0 Å². The molecule has 4 N–H and O–H groups in total. The number of H-pyrrole nitrogens is 2. The fraction of sp³-hybridized carbons (Fsp3) is 0.259. The van der Waals surface area contributed by atoms with Gasteiger partial charge in [-0.3, -0.25) is 10.2 Å². The minimum Gasteiger partial charge on any atom is -0.263 e. The van der Waals surface area contributed by atoms with E-state index in [9.17, 15) is 30.0 Å². The third-order valence-corrected chi connectivity index (χ3v) is 9.57. The molecule has 17 heteroatoms. The molecule has 6 rings (SSSR count). The topological polar surface area (TPSA) is 175 Å². The molecule has 0 amide bonds. The number of fused-ring (bicyclic) bond motifs is 2. The highest BCUT2D eigenvalue weighted by atomic mass is 32.2. The number of nitrogens with zero attached hydrogens (tertiary/aromatic N) is 4. The van der Waals surface area contributed by atoms with E-state index in [1.165, 1.54) is 18.3 Å². The summed E-state index contributed by atoms with van der Waals surface area (Å²) in [7, 11) is -7.44. The summed E-state index contributed by atoms with van der Waals surface area (Å²) in [5.74, 6) is 0. The monoisotopic (exact) mass is 648 g/mol. The van der Waals surface area contributed by atoms with Crippen LogP contribution in [0.1, 0.15) is 30.4 Å². The van der Waals surface area contributed by atoms with E-state index in [2.05, 4.69) is 39.8 Å². The molecule has 4 heterocycles. The predicted molar refractivity (Wildman–Crippen MR) is 155 cm³/mol. The third-order valence-electron chi connectivity index (χ3n) is 6.67. The van der Waals surface area contributed by atoms with E-state index in [0.717, 1.165) is 31.4 Å². The lowest BCUT2D eigenvalue weighted by molar-refractivity contribution is -0.137. The van der Waals surface area contributed by atoms with Crippen molar-refractivity contribution in [2.24, 2.45) is 0 Å². The summed E-state index contributed by atoms with van der Waals surface area (Å²) in [5, 5.41) is 13.6. The van der Waals surface area contributed by atoms with Crippen LogP contribution in [0.25, 0.3) is 22.1 Å². The van der Waals surface area contributed by atoms with E-state index in [1.54, 1.807) is 30.5 Å². The summed E-state index contributed by atoms with van der Waals surface area (Å²) >= 11 is 0. The van der Waals surface area contributed by atoms with Gasteiger partial charge in [-0.25, -0.2) is 36.2 Å². The molecule has 1 aliphatic rings. The number of aromatic amines is 2.